The zero-order chi connectivity index (χ0) is 11.8. The van der Waals surface area contributed by atoms with Crippen LogP contribution in [0.5, 0.6) is 0 Å². The molecule has 2 rings (SSSR count). The highest BCUT2D eigenvalue weighted by Crippen LogP contribution is 2.37. The monoisotopic (exact) mass is 241 g/mol. The Kier molecular flexibility index (Phi) is 3.27. The van der Waals surface area contributed by atoms with Gasteiger partial charge in [-0.15, -0.1) is 0 Å². The lowest BCUT2D eigenvalue weighted by Gasteiger charge is -2.27. The second-order valence-electron chi connectivity index (χ2n) is 5.37. The van der Waals surface area contributed by atoms with Gasteiger partial charge in [0.15, 0.2) is 0 Å². The molecule has 1 unspecified atom stereocenters. The average molecular weight is 242 g/mol. The molecule has 1 aliphatic carbocycles. The van der Waals surface area contributed by atoms with Crippen LogP contribution in [0.25, 0.3) is 0 Å². The Bertz CT molecular complexity index is 370. The molecule has 0 amide bonds. The molecule has 0 saturated heterocycles. The van der Waals surface area contributed by atoms with Crippen LogP contribution in [0.4, 0.5) is 0 Å². The first-order chi connectivity index (χ1) is 7.50. The second kappa shape index (κ2) is 4.38. The molecule has 90 valence electrons. The van der Waals surface area contributed by atoms with Gasteiger partial charge in [-0.1, -0.05) is 31.9 Å². The van der Waals surface area contributed by atoms with E-state index in [0.717, 1.165) is 12.4 Å². The Balaban J connectivity index is 1.95. The molecule has 3 nitrogen and oxygen atoms in total. The van der Waals surface area contributed by atoms with Gasteiger partial charge in [0.1, 0.15) is 11.0 Å². The van der Waals surface area contributed by atoms with E-state index in [2.05, 4.69) is 24.1 Å². The van der Waals surface area contributed by atoms with Crippen LogP contribution in [0, 0.1) is 5.41 Å². The highest BCUT2D eigenvalue weighted by molar-refractivity contribution is 6.29. The van der Waals surface area contributed by atoms with Gasteiger partial charge in [-0.05, 0) is 18.3 Å². The fourth-order valence-corrected chi connectivity index (χ4v) is 2.65. The summed E-state index contributed by atoms with van der Waals surface area (Å²) in [6, 6.07) is 0.600. The highest BCUT2D eigenvalue weighted by Gasteiger charge is 2.33. The molecular weight excluding hydrogens is 222 g/mol. The number of aromatic nitrogens is 2. The minimum absolute atomic E-state index is 0.412. The van der Waals surface area contributed by atoms with Gasteiger partial charge in [-0.25, -0.2) is 4.98 Å². The number of imidazole rings is 1. The summed E-state index contributed by atoms with van der Waals surface area (Å²) in [6.07, 6.45) is 5.61. The van der Waals surface area contributed by atoms with Crippen molar-refractivity contribution in [3.8, 4) is 0 Å². The van der Waals surface area contributed by atoms with Crippen molar-refractivity contribution in [1.82, 2.24) is 14.9 Å². The van der Waals surface area contributed by atoms with Gasteiger partial charge in [-0.2, -0.15) is 0 Å². The number of halogens is 1. The van der Waals surface area contributed by atoms with Crippen LogP contribution < -0.4 is 5.32 Å². The maximum Gasteiger partial charge on any atom is 0.128 e. The van der Waals surface area contributed by atoms with E-state index in [0.29, 0.717) is 16.6 Å². The smallest absolute Gasteiger partial charge is 0.128 e. The van der Waals surface area contributed by atoms with Crippen LogP contribution in [-0.2, 0) is 13.6 Å². The van der Waals surface area contributed by atoms with Crippen molar-refractivity contribution in [3.63, 3.8) is 0 Å². The average Bonchev–Trinajstić information content (AvgIpc) is 2.70. The number of hydrogen-bond acceptors (Lipinski definition) is 2. The Morgan fingerprint density at radius 1 is 1.62 bits per heavy atom. The van der Waals surface area contributed by atoms with E-state index in [1.165, 1.54) is 19.3 Å². The fourth-order valence-electron chi connectivity index (χ4n) is 2.51. The quantitative estimate of drug-likeness (QED) is 0.882. The van der Waals surface area contributed by atoms with Crippen LogP contribution in [0.1, 0.15) is 38.9 Å². The molecule has 1 fully saturated rings. The number of nitrogens with one attached hydrogen (secondary N) is 1. The topological polar surface area (TPSA) is 29.9 Å². The van der Waals surface area contributed by atoms with E-state index in [4.69, 9.17) is 11.6 Å². The maximum absolute atomic E-state index is 5.95. The Labute approximate surface area is 102 Å². The molecule has 1 saturated carbocycles. The standard InChI is InChI=1S/C12H20ClN3/c1-12(2)6-4-5-9(12)14-8-11-15-7-10(13)16(11)3/h7,9,14H,4-6,8H2,1-3H3. The summed E-state index contributed by atoms with van der Waals surface area (Å²) in [5.41, 5.74) is 0.412. The zero-order valence-electron chi connectivity index (χ0n) is 10.3. The third-order valence-corrected chi connectivity index (χ3v) is 4.14. The van der Waals surface area contributed by atoms with Crippen molar-refractivity contribution in [2.24, 2.45) is 12.5 Å². The molecule has 4 heteroatoms. The molecule has 0 bridgehead atoms. The van der Waals surface area contributed by atoms with E-state index in [1.807, 2.05) is 11.6 Å². The summed E-state index contributed by atoms with van der Waals surface area (Å²) in [4.78, 5) is 4.29. The number of nitrogens with zero attached hydrogens (tertiary/aromatic N) is 2. The Hall–Kier alpha value is -0.540. The molecule has 1 aliphatic rings. The Morgan fingerprint density at radius 3 is 2.88 bits per heavy atom. The normalized spacial score (nSPS) is 23.9. The van der Waals surface area contributed by atoms with E-state index in [9.17, 15) is 0 Å². The first-order valence-corrected chi connectivity index (χ1v) is 6.28. The van der Waals surface area contributed by atoms with Crippen molar-refractivity contribution in [2.75, 3.05) is 0 Å². The van der Waals surface area contributed by atoms with E-state index in [-0.39, 0.29) is 0 Å². The molecule has 1 aromatic heterocycles. The van der Waals surface area contributed by atoms with Gasteiger partial charge >= 0.3 is 0 Å². The van der Waals surface area contributed by atoms with Gasteiger partial charge < -0.3 is 9.88 Å². The minimum atomic E-state index is 0.412. The molecule has 0 radical (unpaired) electrons. The molecule has 1 N–H and O–H groups in total. The number of hydrogen-bond donors (Lipinski definition) is 1. The van der Waals surface area contributed by atoms with Gasteiger partial charge in [-0.3, -0.25) is 0 Å². The lowest BCUT2D eigenvalue weighted by Crippen LogP contribution is -2.37. The zero-order valence-corrected chi connectivity index (χ0v) is 11.0. The third kappa shape index (κ3) is 2.25. The van der Waals surface area contributed by atoms with E-state index < -0.39 is 0 Å². The lowest BCUT2D eigenvalue weighted by atomic mass is 9.87. The Morgan fingerprint density at radius 2 is 2.38 bits per heavy atom. The maximum atomic E-state index is 5.95. The molecule has 16 heavy (non-hydrogen) atoms. The van der Waals surface area contributed by atoms with Crippen molar-refractivity contribution in [3.05, 3.63) is 17.2 Å². The SMILES string of the molecule is Cn1c(Cl)cnc1CNC1CCCC1(C)C. The summed E-state index contributed by atoms with van der Waals surface area (Å²) in [6.45, 7) is 5.48. The fraction of sp³-hybridized carbons (Fsp3) is 0.750. The molecule has 1 heterocycles. The lowest BCUT2D eigenvalue weighted by molar-refractivity contribution is 0.280. The molecular formula is C12H20ClN3. The first-order valence-electron chi connectivity index (χ1n) is 5.90. The predicted octanol–water partition coefficient (Wildman–Crippen LogP) is 2.74. The van der Waals surface area contributed by atoms with Crippen LogP contribution in [0.3, 0.4) is 0 Å². The highest BCUT2D eigenvalue weighted by atomic mass is 35.5. The summed E-state index contributed by atoms with van der Waals surface area (Å²) >= 11 is 5.95. The van der Waals surface area contributed by atoms with Gasteiger partial charge in [0.2, 0.25) is 0 Å². The second-order valence-corrected chi connectivity index (χ2v) is 5.76. The summed E-state index contributed by atoms with van der Waals surface area (Å²) < 4.78 is 1.93. The molecule has 0 spiro atoms. The largest absolute Gasteiger partial charge is 0.321 e. The molecule has 0 aliphatic heterocycles. The summed E-state index contributed by atoms with van der Waals surface area (Å²) in [7, 11) is 1.95. The predicted molar refractivity (Wildman–Crippen MR) is 66.5 cm³/mol. The van der Waals surface area contributed by atoms with E-state index >= 15 is 0 Å². The molecule has 1 aromatic rings. The van der Waals surface area contributed by atoms with Gasteiger partial charge in [0, 0.05) is 13.1 Å². The van der Waals surface area contributed by atoms with Gasteiger partial charge in [0.25, 0.3) is 0 Å². The number of rotatable bonds is 3. The van der Waals surface area contributed by atoms with Crippen LogP contribution >= 0.6 is 11.6 Å². The van der Waals surface area contributed by atoms with Crippen LogP contribution in [0.15, 0.2) is 6.20 Å². The van der Waals surface area contributed by atoms with Crippen LogP contribution in [0.2, 0.25) is 5.15 Å². The summed E-state index contributed by atoms with van der Waals surface area (Å²) in [5.74, 6) is 1.01. The van der Waals surface area contributed by atoms with Gasteiger partial charge in [0.05, 0.1) is 12.7 Å². The van der Waals surface area contributed by atoms with Crippen LogP contribution in [-0.4, -0.2) is 15.6 Å². The summed E-state index contributed by atoms with van der Waals surface area (Å²) in [5, 5.41) is 4.30. The van der Waals surface area contributed by atoms with E-state index in [1.54, 1.807) is 6.20 Å². The molecule has 1 atom stereocenters. The van der Waals surface area contributed by atoms with Crippen molar-refractivity contribution >= 4 is 11.6 Å². The minimum Gasteiger partial charge on any atom is -0.321 e. The first kappa shape index (κ1) is 11.9. The molecule has 0 aromatic carbocycles. The van der Waals surface area contributed by atoms with Crippen molar-refractivity contribution in [1.29, 1.82) is 0 Å². The van der Waals surface area contributed by atoms with Crippen molar-refractivity contribution in [2.45, 2.75) is 45.7 Å². The van der Waals surface area contributed by atoms with Crippen molar-refractivity contribution < 1.29 is 0 Å². The third-order valence-electron chi connectivity index (χ3n) is 3.79.